The highest BCUT2D eigenvalue weighted by atomic mass is 16.4. The molecule has 1 aliphatic heterocycles. The van der Waals surface area contributed by atoms with Gasteiger partial charge in [0, 0.05) is 25.7 Å². The van der Waals surface area contributed by atoms with E-state index in [0.29, 0.717) is 18.4 Å². The largest absolute Gasteiger partial charge is 0.481 e. The third kappa shape index (κ3) is 2.97. The molecule has 20 heavy (non-hydrogen) atoms. The van der Waals surface area contributed by atoms with Gasteiger partial charge in [-0.25, -0.2) is 0 Å². The van der Waals surface area contributed by atoms with E-state index in [9.17, 15) is 14.7 Å². The van der Waals surface area contributed by atoms with Crippen molar-refractivity contribution in [2.45, 2.75) is 39.2 Å². The first-order valence-electron chi connectivity index (χ1n) is 7.65. The van der Waals surface area contributed by atoms with E-state index in [1.54, 1.807) is 0 Å². The predicted molar refractivity (Wildman–Crippen MR) is 76.3 cm³/mol. The molecule has 2 rings (SSSR count). The maximum Gasteiger partial charge on any atom is 0.307 e. The van der Waals surface area contributed by atoms with Crippen molar-refractivity contribution in [1.29, 1.82) is 0 Å². The Kier molecular flexibility index (Phi) is 4.68. The molecule has 5 heteroatoms. The van der Waals surface area contributed by atoms with Gasteiger partial charge >= 0.3 is 5.97 Å². The Morgan fingerprint density at radius 2 is 1.85 bits per heavy atom. The van der Waals surface area contributed by atoms with E-state index in [4.69, 9.17) is 0 Å². The summed E-state index contributed by atoms with van der Waals surface area (Å²) in [5.41, 5.74) is 0. The number of carbonyl (C=O) groups excluding carboxylic acids is 1. The highest BCUT2D eigenvalue weighted by Gasteiger charge is 2.44. The molecule has 1 N–H and O–H groups in total. The number of aliphatic carboxylic acids is 1. The lowest BCUT2D eigenvalue weighted by Crippen LogP contribution is -2.53. The molecule has 1 heterocycles. The standard InChI is InChI=1S/C15H26N2O3/c1-4-11-7-12(13(8-11)15(19)20)14(18)17-6-5-16(3)10(2)9-17/h10-13H,4-9H2,1-3H3,(H,19,20). The number of carboxylic acid groups (broad SMARTS) is 1. The highest BCUT2D eigenvalue weighted by Crippen LogP contribution is 2.39. The van der Waals surface area contributed by atoms with Gasteiger partial charge in [-0.05, 0) is 32.7 Å². The van der Waals surface area contributed by atoms with Crippen LogP contribution >= 0.6 is 0 Å². The lowest BCUT2D eigenvalue weighted by molar-refractivity contribution is -0.150. The van der Waals surface area contributed by atoms with Gasteiger partial charge in [-0.15, -0.1) is 0 Å². The minimum Gasteiger partial charge on any atom is -0.481 e. The second kappa shape index (κ2) is 6.12. The summed E-state index contributed by atoms with van der Waals surface area (Å²) in [6, 6.07) is 0.347. The van der Waals surface area contributed by atoms with E-state index in [2.05, 4.69) is 25.8 Å². The molecule has 0 radical (unpaired) electrons. The van der Waals surface area contributed by atoms with Crippen molar-refractivity contribution < 1.29 is 14.7 Å². The molecule has 0 aromatic rings. The Morgan fingerprint density at radius 1 is 1.20 bits per heavy atom. The van der Waals surface area contributed by atoms with E-state index in [1.165, 1.54) is 0 Å². The van der Waals surface area contributed by atoms with Crippen molar-refractivity contribution in [3.05, 3.63) is 0 Å². The van der Waals surface area contributed by atoms with Crippen LogP contribution in [0.15, 0.2) is 0 Å². The van der Waals surface area contributed by atoms with Crippen molar-refractivity contribution in [2.75, 3.05) is 26.7 Å². The van der Waals surface area contributed by atoms with Crippen LogP contribution in [0, 0.1) is 17.8 Å². The fourth-order valence-electron chi connectivity index (χ4n) is 3.51. The van der Waals surface area contributed by atoms with Gasteiger partial charge < -0.3 is 14.9 Å². The first-order valence-corrected chi connectivity index (χ1v) is 7.65. The Balaban J connectivity index is 2.05. The average molecular weight is 282 g/mol. The Labute approximate surface area is 120 Å². The molecule has 0 spiro atoms. The van der Waals surface area contributed by atoms with Crippen molar-refractivity contribution in [3.63, 3.8) is 0 Å². The van der Waals surface area contributed by atoms with Gasteiger partial charge in [0.05, 0.1) is 11.8 Å². The lowest BCUT2D eigenvalue weighted by Gasteiger charge is -2.39. The van der Waals surface area contributed by atoms with Gasteiger partial charge in [-0.3, -0.25) is 9.59 Å². The first kappa shape index (κ1) is 15.3. The van der Waals surface area contributed by atoms with Gasteiger partial charge in [0.2, 0.25) is 5.91 Å². The number of hydrogen-bond acceptors (Lipinski definition) is 3. The molecule has 1 saturated heterocycles. The fraction of sp³-hybridized carbons (Fsp3) is 0.867. The minimum absolute atomic E-state index is 0.0632. The van der Waals surface area contributed by atoms with Gasteiger partial charge in [0.1, 0.15) is 0 Å². The smallest absolute Gasteiger partial charge is 0.307 e. The Morgan fingerprint density at radius 3 is 2.40 bits per heavy atom. The summed E-state index contributed by atoms with van der Waals surface area (Å²) in [4.78, 5) is 28.2. The highest BCUT2D eigenvalue weighted by molar-refractivity contribution is 5.85. The molecule has 0 aromatic carbocycles. The molecule has 4 atom stereocenters. The van der Waals surface area contributed by atoms with Crippen LogP contribution < -0.4 is 0 Å². The third-order valence-electron chi connectivity index (χ3n) is 5.14. The molecule has 2 fully saturated rings. The van der Waals surface area contributed by atoms with Gasteiger partial charge in [-0.1, -0.05) is 13.3 Å². The first-order chi connectivity index (χ1) is 9.43. The molecule has 114 valence electrons. The number of amides is 1. The van der Waals surface area contributed by atoms with Crippen molar-refractivity contribution in [1.82, 2.24) is 9.80 Å². The average Bonchev–Trinajstić information content (AvgIpc) is 2.85. The van der Waals surface area contributed by atoms with Gasteiger partial charge in [0.25, 0.3) is 0 Å². The SMILES string of the molecule is CCC1CC(C(=O)O)C(C(=O)N2CCN(C)C(C)C2)C1. The molecular formula is C15H26N2O3. The second-order valence-electron chi connectivity index (χ2n) is 6.41. The summed E-state index contributed by atoms with van der Waals surface area (Å²) in [5.74, 6) is -1.15. The zero-order valence-corrected chi connectivity index (χ0v) is 12.7. The summed E-state index contributed by atoms with van der Waals surface area (Å²) in [5, 5.41) is 9.36. The quantitative estimate of drug-likeness (QED) is 0.847. The van der Waals surface area contributed by atoms with Crippen LogP contribution in [0.5, 0.6) is 0 Å². The summed E-state index contributed by atoms with van der Waals surface area (Å²) in [6.07, 6.45) is 2.37. The number of likely N-dealkylation sites (N-methyl/N-ethyl adjacent to an activating group) is 1. The van der Waals surface area contributed by atoms with E-state index < -0.39 is 11.9 Å². The van der Waals surface area contributed by atoms with Crippen molar-refractivity contribution in [2.24, 2.45) is 17.8 Å². The molecule has 0 aromatic heterocycles. The summed E-state index contributed by atoms with van der Waals surface area (Å²) in [7, 11) is 2.06. The number of hydrogen-bond donors (Lipinski definition) is 1. The van der Waals surface area contributed by atoms with Gasteiger partial charge in [0.15, 0.2) is 0 Å². The van der Waals surface area contributed by atoms with Crippen LogP contribution in [0.25, 0.3) is 0 Å². The molecule has 1 amide bonds. The van der Waals surface area contributed by atoms with Crippen LogP contribution in [-0.2, 0) is 9.59 Å². The summed E-state index contributed by atoms with van der Waals surface area (Å²) >= 11 is 0. The second-order valence-corrected chi connectivity index (χ2v) is 6.41. The van der Waals surface area contributed by atoms with Crippen LogP contribution in [-0.4, -0.2) is 59.5 Å². The number of rotatable bonds is 3. The van der Waals surface area contributed by atoms with E-state index in [-0.39, 0.29) is 11.8 Å². The van der Waals surface area contributed by atoms with E-state index >= 15 is 0 Å². The fourth-order valence-corrected chi connectivity index (χ4v) is 3.51. The molecule has 1 saturated carbocycles. The molecule has 2 aliphatic rings. The maximum atomic E-state index is 12.7. The Bertz CT molecular complexity index is 385. The minimum atomic E-state index is -0.804. The maximum absolute atomic E-state index is 12.7. The van der Waals surface area contributed by atoms with Crippen molar-refractivity contribution in [3.8, 4) is 0 Å². The number of carbonyl (C=O) groups is 2. The number of nitrogens with zero attached hydrogens (tertiary/aromatic N) is 2. The van der Waals surface area contributed by atoms with Crippen LogP contribution in [0.2, 0.25) is 0 Å². The number of piperazine rings is 1. The predicted octanol–water partition coefficient (Wildman–Crippen LogP) is 1.29. The molecule has 4 unspecified atom stereocenters. The topological polar surface area (TPSA) is 60.9 Å². The van der Waals surface area contributed by atoms with Crippen LogP contribution in [0.4, 0.5) is 0 Å². The monoisotopic (exact) mass is 282 g/mol. The van der Waals surface area contributed by atoms with Crippen molar-refractivity contribution >= 4 is 11.9 Å². The van der Waals surface area contributed by atoms with Crippen LogP contribution in [0.1, 0.15) is 33.1 Å². The molecule has 5 nitrogen and oxygen atoms in total. The lowest BCUT2D eigenvalue weighted by atomic mass is 9.94. The zero-order valence-electron chi connectivity index (χ0n) is 12.7. The van der Waals surface area contributed by atoms with Crippen LogP contribution in [0.3, 0.4) is 0 Å². The normalized spacial score (nSPS) is 35.2. The molecule has 0 bridgehead atoms. The van der Waals surface area contributed by atoms with Gasteiger partial charge in [-0.2, -0.15) is 0 Å². The number of carboxylic acids is 1. The zero-order chi connectivity index (χ0) is 14.9. The van der Waals surface area contributed by atoms with E-state index in [0.717, 1.165) is 32.5 Å². The molecule has 1 aliphatic carbocycles. The molecular weight excluding hydrogens is 256 g/mol. The third-order valence-corrected chi connectivity index (χ3v) is 5.14. The van der Waals surface area contributed by atoms with E-state index in [1.807, 2.05) is 4.90 Å². The Hall–Kier alpha value is -1.10. The summed E-state index contributed by atoms with van der Waals surface area (Å²) < 4.78 is 0. The summed E-state index contributed by atoms with van der Waals surface area (Å²) in [6.45, 7) is 6.49.